The van der Waals surface area contributed by atoms with Crippen molar-refractivity contribution in [3.05, 3.63) is 0 Å². The molecule has 0 spiro atoms. The number of carboxylic acid groups (broad SMARTS) is 1. The molecule has 3 rings (SSSR count). The Morgan fingerprint density at radius 1 is 0.553 bits per heavy atom. The molecule has 0 aromatic heterocycles. The van der Waals surface area contributed by atoms with Gasteiger partial charge in [-0.15, -0.1) is 0 Å². The average molecular weight is 1150 g/mol. The average Bonchev–Trinajstić information content (AvgIpc) is 3.32. The van der Waals surface area contributed by atoms with E-state index >= 15 is 0 Å². The highest BCUT2D eigenvalue weighted by Gasteiger charge is 2.37. The predicted octanol–water partition coefficient (Wildman–Crippen LogP) is -3.74. The number of aliphatic hydroxyl groups is 1. The first-order valence-corrected chi connectivity index (χ1v) is 29.5. The van der Waals surface area contributed by atoms with Gasteiger partial charge < -0.3 is 74.4 Å². The van der Waals surface area contributed by atoms with Crippen LogP contribution in [-0.4, -0.2) is 184 Å². The number of aliphatic carboxylic acids is 1. The molecule has 27 nitrogen and oxygen atoms in total. The zero-order chi connectivity index (χ0) is 57.4. The topological polar surface area (TPSA) is 421 Å². The number of nitrogens with one attached hydrogen (secondary N) is 11. The molecule has 3 aliphatic heterocycles. The van der Waals surface area contributed by atoms with Crippen LogP contribution in [0.25, 0.3) is 0 Å². The van der Waals surface area contributed by atoms with Crippen LogP contribution in [0.3, 0.4) is 0 Å². The molecule has 3 heterocycles. The summed E-state index contributed by atoms with van der Waals surface area (Å²) in [6.45, 7) is 11.6. The molecule has 12 amide bonds. The summed E-state index contributed by atoms with van der Waals surface area (Å²) in [6, 6.07) is -13.4. The van der Waals surface area contributed by atoms with Crippen molar-refractivity contribution in [2.75, 3.05) is 36.1 Å². The molecule has 0 saturated carbocycles. The van der Waals surface area contributed by atoms with Crippen molar-refractivity contribution in [3.8, 4) is 0 Å². The molecule has 76 heavy (non-hydrogen) atoms. The highest BCUT2D eigenvalue weighted by atomic mass is 33.1. The van der Waals surface area contributed by atoms with E-state index in [4.69, 9.17) is 5.73 Å². The fourth-order valence-corrected chi connectivity index (χ4v) is 11.3. The van der Waals surface area contributed by atoms with Gasteiger partial charge >= 0.3 is 5.97 Å². The van der Waals surface area contributed by atoms with Crippen molar-refractivity contribution in [1.82, 2.24) is 58.5 Å². The molecule has 3 aliphatic rings. The molecule has 10 atom stereocenters. The summed E-state index contributed by atoms with van der Waals surface area (Å²) in [5.41, 5.74) is 5.49. The first kappa shape index (κ1) is 66.6. The van der Waals surface area contributed by atoms with Crippen LogP contribution in [0.15, 0.2) is 0 Å². The molecular weight excluding hydrogens is 1080 g/mol. The number of aliphatic hydroxyl groups excluding tert-OH is 1. The lowest BCUT2D eigenvalue weighted by molar-refractivity contribution is -0.138. The summed E-state index contributed by atoms with van der Waals surface area (Å²) >= 11 is 0. The number of hydrogen-bond donors (Lipinski definition) is 14. The van der Waals surface area contributed by atoms with E-state index in [2.05, 4.69) is 58.5 Å². The van der Waals surface area contributed by atoms with Crippen molar-refractivity contribution < 1.29 is 72.5 Å². The minimum atomic E-state index is -1.71. The summed E-state index contributed by atoms with van der Waals surface area (Å²) < 4.78 is 0. The van der Waals surface area contributed by atoms with E-state index in [1.54, 1.807) is 41.5 Å². The Labute approximate surface area is 456 Å². The molecule has 15 N–H and O–H groups in total. The van der Waals surface area contributed by atoms with Gasteiger partial charge in [-0.25, -0.2) is 0 Å². The second-order valence-corrected chi connectivity index (χ2v) is 24.3. The fourth-order valence-electron chi connectivity index (χ4n) is 7.05. The maximum absolute atomic E-state index is 14.3. The highest BCUT2D eigenvalue weighted by molar-refractivity contribution is 8.77. The molecule has 31 heteroatoms. The Kier molecular flexibility index (Phi) is 29.4. The number of carboxylic acids is 1. The monoisotopic (exact) mass is 1150 g/mol. The first-order chi connectivity index (χ1) is 35.6. The Hall–Kier alpha value is -5.53. The van der Waals surface area contributed by atoms with Gasteiger partial charge in [-0.1, -0.05) is 84.7 Å². The van der Waals surface area contributed by atoms with Crippen LogP contribution >= 0.6 is 43.2 Å². The fraction of sp³-hybridized carbons (Fsp3) is 0.711. The number of carbonyl (C=O) groups excluding carboxylic acids is 12. The van der Waals surface area contributed by atoms with Gasteiger partial charge in [0.15, 0.2) is 0 Å². The van der Waals surface area contributed by atoms with Gasteiger partial charge in [-0.3, -0.25) is 62.3 Å². The molecule has 3 fully saturated rings. The lowest BCUT2D eigenvalue weighted by atomic mass is 10.00. The van der Waals surface area contributed by atoms with Gasteiger partial charge in [0.2, 0.25) is 70.9 Å². The van der Waals surface area contributed by atoms with Crippen molar-refractivity contribution >= 4 is 120 Å². The van der Waals surface area contributed by atoms with Crippen LogP contribution in [-0.2, 0) is 62.3 Å². The Balaban J connectivity index is 2.86. The minimum Gasteiger partial charge on any atom is -0.481 e. The maximum atomic E-state index is 14.3. The van der Waals surface area contributed by atoms with E-state index in [1.807, 2.05) is 0 Å². The molecule has 3 saturated heterocycles. The van der Waals surface area contributed by atoms with Gasteiger partial charge in [0.25, 0.3) is 0 Å². The number of rotatable bonds is 10. The number of hydrogen-bond acceptors (Lipinski definition) is 18. The van der Waals surface area contributed by atoms with Crippen molar-refractivity contribution in [3.63, 3.8) is 0 Å². The van der Waals surface area contributed by atoms with Crippen LogP contribution in [0.4, 0.5) is 0 Å². The van der Waals surface area contributed by atoms with Crippen molar-refractivity contribution in [2.45, 2.75) is 148 Å². The molecular formula is C45H74N12O15S4. The Morgan fingerprint density at radius 3 is 1.59 bits per heavy atom. The lowest BCUT2D eigenvalue weighted by Gasteiger charge is -2.29. The van der Waals surface area contributed by atoms with Crippen LogP contribution in [0.2, 0.25) is 0 Å². The third kappa shape index (κ3) is 24.2. The second kappa shape index (κ2) is 33.6. The normalized spacial score (nSPS) is 27.4. The van der Waals surface area contributed by atoms with Gasteiger partial charge in [0, 0.05) is 42.4 Å². The van der Waals surface area contributed by atoms with Crippen LogP contribution in [0, 0.1) is 17.8 Å². The van der Waals surface area contributed by atoms with E-state index < -0.39 is 169 Å². The number of primary amides is 1. The number of fused-ring (bicyclic) bond motifs is 37. The minimum absolute atomic E-state index is 0.000844. The van der Waals surface area contributed by atoms with E-state index in [0.29, 0.717) is 0 Å². The SMILES string of the molecule is CC(C)CC1NC(=O)C(CCC(=O)O)NC(=O)CCSSC[C@@H]2NC(=O)C(C)NC(=O)C(C(C)C)NC(=O)C(CC(N)=O)NC(=O)C(C(C)C)NC(=O)[C@H](CSSCCNC(=O)CNC(=O)C(C(C)O)NC2=O)NC1=O. The number of amides is 12. The predicted molar refractivity (Wildman–Crippen MR) is 285 cm³/mol. The molecule has 428 valence electrons. The summed E-state index contributed by atoms with van der Waals surface area (Å²) in [5.74, 6) is -14.0. The second-order valence-electron chi connectivity index (χ2n) is 19.0. The van der Waals surface area contributed by atoms with Gasteiger partial charge in [0.05, 0.1) is 19.1 Å². The first-order valence-electron chi connectivity index (χ1n) is 24.5. The van der Waals surface area contributed by atoms with Gasteiger partial charge in [0.1, 0.15) is 54.4 Å². The zero-order valence-electron chi connectivity index (χ0n) is 43.7. The molecule has 8 unspecified atom stereocenters. The smallest absolute Gasteiger partial charge is 0.303 e. The van der Waals surface area contributed by atoms with Crippen molar-refractivity contribution in [1.29, 1.82) is 0 Å². The van der Waals surface area contributed by atoms with E-state index in [1.165, 1.54) is 13.8 Å². The Morgan fingerprint density at radius 2 is 1.05 bits per heavy atom. The summed E-state index contributed by atoms with van der Waals surface area (Å²) in [7, 11) is 4.24. The standard InChI is InChI=1S/C45H74N12O15S4/c1-20(2)15-26-39(66)54-29-19-76-74-14-12-47-32(61)17-48-43(70)36(24(8)58)57-42(69)28(18-75-73-13-11-31(60)50-25(38(65)51-26)9-10-33(62)63)53-37(64)23(7)49-44(71)34(21(3)4)55-40(67)27(16-30(46)59)52-45(72)35(22(5)6)56-41(29)68/h20-29,34-36,58H,9-19H2,1-8H3,(H2,46,59)(H,47,61)(H,48,70)(H,49,71)(H,50,60)(H,51,65)(H,52,72)(H,53,64)(H,54,66)(H,55,67)(H,56,68)(H,57,69)(H,62,63)/t23?,24?,25?,26?,27?,28-,29-,34?,35?,36?/m0/s1. The highest BCUT2D eigenvalue weighted by Crippen LogP contribution is 2.24. The number of carbonyl (C=O) groups is 13. The van der Waals surface area contributed by atoms with Crippen LogP contribution in [0.1, 0.15) is 87.5 Å². The third-order valence-electron chi connectivity index (χ3n) is 11.2. The maximum Gasteiger partial charge on any atom is 0.303 e. The quantitative estimate of drug-likeness (QED) is 0.0738. The molecule has 2 bridgehead atoms. The summed E-state index contributed by atoms with van der Waals surface area (Å²) in [4.78, 5) is 175. The van der Waals surface area contributed by atoms with Crippen LogP contribution in [0.5, 0.6) is 0 Å². The third-order valence-corrected chi connectivity index (χ3v) is 16.1. The Bertz CT molecular complexity index is 2110. The van der Waals surface area contributed by atoms with E-state index in [0.717, 1.165) is 43.2 Å². The summed E-state index contributed by atoms with van der Waals surface area (Å²) in [6.07, 6.45) is -3.50. The number of nitrogens with two attached hydrogens (primary N) is 1. The van der Waals surface area contributed by atoms with Crippen LogP contribution < -0.4 is 64.2 Å². The van der Waals surface area contributed by atoms with Gasteiger partial charge in [-0.2, -0.15) is 0 Å². The van der Waals surface area contributed by atoms with E-state index in [-0.39, 0.29) is 54.7 Å². The lowest BCUT2D eigenvalue weighted by Crippen LogP contribution is -2.62. The van der Waals surface area contributed by atoms with E-state index in [9.17, 15) is 72.5 Å². The van der Waals surface area contributed by atoms with Gasteiger partial charge in [-0.05, 0) is 44.4 Å². The molecule has 0 aromatic carbocycles. The molecule has 0 aromatic rings. The van der Waals surface area contributed by atoms with Crippen molar-refractivity contribution in [2.24, 2.45) is 23.5 Å². The summed E-state index contributed by atoms with van der Waals surface area (Å²) in [5, 5.41) is 47.6. The molecule has 0 radical (unpaired) electrons. The molecule has 0 aliphatic carbocycles. The zero-order valence-corrected chi connectivity index (χ0v) is 47.0. The largest absolute Gasteiger partial charge is 0.481 e.